The summed E-state index contributed by atoms with van der Waals surface area (Å²) in [6.07, 6.45) is 0.208. The third-order valence-electron chi connectivity index (χ3n) is 4.32. The molecule has 28 heavy (non-hydrogen) atoms. The minimum absolute atomic E-state index is 0.0353. The first-order valence-electron chi connectivity index (χ1n) is 8.60. The van der Waals surface area contributed by atoms with E-state index in [0.29, 0.717) is 5.76 Å². The second kappa shape index (κ2) is 8.20. The van der Waals surface area contributed by atoms with Crippen LogP contribution in [0.3, 0.4) is 0 Å². The molecule has 0 saturated carbocycles. The highest BCUT2D eigenvalue weighted by Gasteiger charge is 2.37. The first kappa shape index (κ1) is 19.5. The van der Waals surface area contributed by atoms with Gasteiger partial charge in [0.05, 0.1) is 24.4 Å². The van der Waals surface area contributed by atoms with Crippen LogP contribution in [0.25, 0.3) is 0 Å². The topological polar surface area (TPSA) is 88.9 Å². The Hall–Kier alpha value is -3.23. The van der Waals surface area contributed by atoms with Crippen molar-refractivity contribution < 1.29 is 32.3 Å². The molecule has 3 rings (SSSR count). The Labute approximate surface area is 159 Å². The Balaban J connectivity index is 1.54. The van der Waals surface area contributed by atoms with E-state index in [1.165, 1.54) is 18.1 Å². The van der Waals surface area contributed by atoms with E-state index in [2.05, 4.69) is 5.32 Å². The number of furan rings is 1. The van der Waals surface area contributed by atoms with Crippen LogP contribution in [0, 0.1) is 17.6 Å². The second-order valence-corrected chi connectivity index (χ2v) is 6.45. The van der Waals surface area contributed by atoms with Gasteiger partial charge in [0.15, 0.2) is 6.10 Å². The predicted molar refractivity (Wildman–Crippen MR) is 92.8 cm³/mol. The van der Waals surface area contributed by atoms with E-state index in [9.17, 15) is 23.2 Å². The van der Waals surface area contributed by atoms with Gasteiger partial charge >= 0.3 is 5.97 Å². The molecule has 9 heteroatoms. The van der Waals surface area contributed by atoms with Crippen molar-refractivity contribution in [3.8, 4) is 0 Å². The zero-order valence-corrected chi connectivity index (χ0v) is 15.0. The summed E-state index contributed by atoms with van der Waals surface area (Å²) >= 11 is 0. The zero-order chi connectivity index (χ0) is 20.3. The lowest BCUT2D eigenvalue weighted by molar-refractivity contribution is -0.157. The fourth-order valence-electron chi connectivity index (χ4n) is 2.83. The van der Waals surface area contributed by atoms with Crippen LogP contribution in [0.4, 0.5) is 14.5 Å². The van der Waals surface area contributed by atoms with E-state index < -0.39 is 35.5 Å². The highest BCUT2D eigenvalue weighted by Crippen LogP contribution is 2.22. The van der Waals surface area contributed by atoms with Crippen molar-refractivity contribution in [2.24, 2.45) is 5.92 Å². The number of ether oxygens (including phenoxy) is 1. The standard InChI is InChI=1S/C19H18F2N2O5/c1-11(18(25)22-16-8-13(20)4-5-15(16)21)28-19(26)12-7-17(24)23(9-12)10-14-3-2-6-27-14/h2-6,8,11-12H,7,9-10H2,1H3,(H,22,25)/t11-,12+/m1/s1. The number of anilines is 1. The number of nitrogens with zero attached hydrogens (tertiary/aromatic N) is 1. The number of nitrogens with one attached hydrogen (secondary N) is 1. The summed E-state index contributed by atoms with van der Waals surface area (Å²) in [4.78, 5) is 37.9. The lowest BCUT2D eigenvalue weighted by atomic mass is 10.1. The van der Waals surface area contributed by atoms with Crippen molar-refractivity contribution in [1.29, 1.82) is 0 Å². The fourth-order valence-corrected chi connectivity index (χ4v) is 2.83. The highest BCUT2D eigenvalue weighted by molar-refractivity contribution is 5.95. The Bertz CT molecular complexity index is 884. The lowest BCUT2D eigenvalue weighted by Crippen LogP contribution is -2.33. The van der Waals surface area contributed by atoms with E-state index in [1.54, 1.807) is 12.1 Å². The maximum atomic E-state index is 13.6. The quantitative estimate of drug-likeness (QED) is 0.763. The first-order valence-corrected chi connectivity index (χ1v) is 8.60. The number of carbonyl (C=O) groups excluding carboxylic acids is 3. The molecule has 7 nitrogen and oxygen atoms in total. The van der Waals surface area contributed by atoms with E-state index in [0.717, 1.165) is 18.2 Å². The molecule has 2 heterocycles. The number of esters is 1. The van der Waals surface area contributed by atoms with Crippen LogP contribution in [0.2, 0.25) is 0 Å². The SMILES string of the molecule is C[C@@H](OC(=O)[C@H]1CC(=O)N(Cc2ccco2)C1)C(=O)Nc1cc(F)ccc1F. The zero-order valence-electron chi connectivity index (χ0n) is 15.0. The van der Waals surface area contributed by atoms with Gasteiger partial charge < -0.3 is 19.4 Å². The summed E-state index contributed by atoms with van der Waals surface area (Å²) in [5.41, 5.74) is -0.353. The maximum absolute atomic E-state index is 13.6. The molecular formula is C19H18F2N2O5. The molecule has 2 amide bonds. The van der Waals surface area contributed by atoms with Gasteiger partial charge in [0.25, 0.3) is 5.91 Å². The van der Waals surface area contributed by atoms with Crippen LogP contribution in [-0.2, 0) is 25.7 Å². The van der Waals surface area contributed by atoms with Crippen LogP contribution in [-0.4, -0.2) is 35.3 Å². The molecule has 1 aromatic heterocycles. The van der Waals surface area contributed by atoms with Crippen molar-refractivity contribution in [2.45, 2.75) is 26.0 Å². The summed E-state index contributed by atoms with van der Waals surface area (Å²) in [5, 5.41) is 2.17. The monoisotopic (exact) mass is 392 g/mol. The maximum Gasteiger partial charge on any atom is 0.312 e. The molecule has 2 aromatic rings. The van der Waals surface area contributed by atoms with Crippen LogP contribution in [0.5, 0.6) is 0 Å². The molecular weight excluding hydrogens is 374 g/mol. The summed E-state index contributed by atoms with van der Waals surface area (Å²) in [5.74, 6) is -3.41. The number of hydrogen-bond acceptors (Lipinski definition) is 5. The van der Waals surface area contributed by atoms with Crippen molar-refractivity contribution in [3.63, 3.8) is 0 Å². The molecule has 0 bridgehead atoms. The molecule has 0 unspecified atom stereocenters. The highest BCUT2D eigenvalue weighted by atomic mass is 19.1. The van der Waals surface area contributed by atoms with Gasteiger partial charge in [-0.25, -0.2) is 8.78 Å². The van der Waals surface area contributed by atoms with Crippen LogP contribution >= 0.6 is 0 Å². The number of rotatable bonds is 6. The van der Waals surface area contributed by atoms with Crippen molar-refractivity contribution in [2.75, 3.05) is 11.9 Å². The molecule has 0 aliphatic carbocycles. The number of carbonyl (C=O) groups is 3. The minimum Gasteiger partial charge on any atom is -0.467 e. The van der Waals surface area contributed by atoms with Gasteiger partial charge in [-0.2, -0.15) is 0 Å². The first-order chi connectivity index (χ1) is 13.3. The largest absolute Gasteiger partial charge is 0.467 e. The lowest BCUT2D eigenvalue weighted by Gasteiger charge is -2.17. The Kier molecular flexibility index (Phi) is 5.72. The van der Waals surface area contributed by atoms with Gasteiger partial charge in [-0.3, -0.25) is 14.4 Å². The molecule has 0 radical (unpaired) electrons. The van der Waals surface area contributed by atoms with Crippen LogP contribution in [0.15, 0.2) is 41.0 Å². The molecule has 1 fully saturated rings. The fraction of sp³-hybridized carbons (Fsp3) is 0.316. The summed E-state index contributed by atoms with van der Waals surface area (Å²) in [6, 6.07) is 6.03. The Morgan fingerprint density at radius 3 is 2.86 bits per heavy atom. The number of amides is 2. The van der Waals surface area contributed by atoms with Crippen molar-refractivity contribution in [1.82, 2.24) is 4.90 Å². The van der Waals surface area contributed by atoms with Crippen LogP contribution in [0.1, 0.15) is 19.1 Å². The molecule has 1 saturated heterocycles. The molecule has 2 atom stereocenters. The molecule has 1 N–H and O–H groups in total. The number of benzene rings is 1. The third-order valence-corrected chi connectivity index (χ3v) is 4.32. The van der Waals surface area contributed by atoms with E-state index >= 15 is 0 Å². The summed E-state index contributed by atoms with van der Waals surface area (Å²) < 4.78 is 37.1. The van der Waals surface area contributed by atoms with Gasteiger partial charge in [0.2, 0.25) is 5.91 Å². The smallest absolute Gasteiger partial charge is 0.312 e. The van der Waals surface area contributed by atoms with Gasteiger partial charge in [-0.05, 0) is 31.2 Å². The van der Waals surface area contributed by atoms with E-state index in [4.69, 9.17) is 9.15 Å². The Morgan fingerprint density at radius 2 is 2.14 bits per heavy atom. The Morgan fingerprint density at radius 1 is 1.36 bits per heavy atom. The number of likely N-dealkylation sites (tertiary alicyclic amines) is 1. The van der Waals surface area contributed by atoms with Crippen LogP contribution < -0.4 is 5.32 Å². The van der Waals surface area contributed by atoms with Gasteiger partial charge in [0.1, 0.15) is 17.4 Å². The number of hydrogen-bond donors (Lipinski definition) is 1. The van der Waals surface area contributed by atoms with Crippen molar-refractivity contribution in [3.05, 3.63) is 54.0 Å². The average molecular weight is 392 g/mol. The second-order valence-electron chi connectivity index (χ2n) is 6.45. The van der Waals surface area contributed by atoms with E-state index in [-0.39, 0.29) is 31.1 Å². The summed E-state index contributed by atoms with van der Waals surface area (Å²) in [7, 11) is 0. The normalized spacial score (nSPS) is 17.5. The van der Waals surface area contributed by atoms with Gasteiger partial charge in [-0.15, -0.1) is 0 Å². The third kappa shape index (κ3) is 4.54. The average Bonchev–Trinajstić information content (AvgIpc) is 3.28. The van der Waals surface area contributed by atoms with Crippen molar-refractivity contribution >= 4 is 23.5 Å². The molecule has 1 aliphatic heterocycles. The van der Waals surface area contributed by atoms with Gasteiger partial charge in [0, 0.05) is 19.0 Å². The minimum atomic E-state index is -1.25. The summed E-state index contributed by atoms with van der Waals surface area (Å²) in [6.45, 7) is 1.69. The predicted octanol–water partition coefficient (Wildman–Crippen LogP) is 2.48. The molecule has 148 valence electrons. The number of halogens is 2. The molecule has 0 spiro atoms. The molecule has 1 aromatic carbocycles. The molecule has 1 aliphatic rings. The van der Waals surface area contributed by atoms with Gasteiger partial charge in [-0.1, -0.05) is 0 Å². The van der Waals surface area contributed by atoms with E-state index in [1.807, 2.05) is 0 Å².